The molecule has 0 amide bonds. The number of carbonyl (C=O) groups excluding carboxylic acids is 1. The minimum atomic E-state index is -0.752. The normalized spacial score (nSPS) is 14.8. The van der Waals surface area contributed by atoms with Crippen LogP contribution in [0.3, 0.4) is 0 Å². The average Bonchev–Trinajstić information content (AvgIpc) is 2.76. The van der Waals surface area contributed by atoms with E-state index in [4.69, 9.17) is 4.74 Å². The number of carbonyl (C=O) groups is 1. The molecule has 1 N–H and O–H groups in total. The fourth-order valence-corrected chi connectivity index (χ4v) is 2.64. The Hall–Kier alpha value is -1.17. The van der Waals surface area contributed by atoms with Crippen LogP contribution in [0.15, 0.2) is 0 Å². The van der Waals surface area contributed by atoms with Crippen molar-refractivity contribution in [3.63, 3.8) is 0 Å². The van der Waals surface area contributed by atoms with Crippen molar-refractivity contribution < 1.29 is 9.53 Å². The highest BCUT2D eigenvalue weighted by molar-refractivity contribution is 7.09. The maximum Gasteiger partial charge on any atom is 0.331 e. The molecular weight excluding hydrogens is 262 g/mol. The molecule has 0 saturated heterocycles. The number of esters is 1. The number of methoxy groups -OCH3 is 1. The van der Waals surface area contributed by atoms with Gasteiger partial charge < -0.3 is 10.1 Å². The quantitative estimate of drug-likeness (QED) is 0.843. The van der Waals surface area contributed by atoms with Crippen molar-refractivity contribution in [2.45, 2.75) is 58.4 Å². The lowest BCUT2D eigenvalue weighted by molar-refractivity contribution is -0.145. The number of anilines is 1. The summed E-state index contributed by atoms with van der Waals surface area (Å²) in [6.07, 6.45) is 1.56. The zero-order valence-corrected chi connectivity index (χ0v) is 13.3. The maximum absolute atomic E-state index is 11.9. The van der Waals surface area contributed by atoms with Crippen LogP contribution in [0, 0.1) is 0 Å². The Morgan fingerprint density at radius 3 is 2.42 bits per heavy atom. The summed E-state index contributed by atoms with van der Waals surface area (Å²) in [5.41, 5.74) is -0.846. The SMILES string of the molecule is CCCC(C)(Nc1nc(C(C)(C)C)ns1)C(=O)OC. The molecule has 1 aromatic heterocycles. The van der Waals surface area contributed by atoms with Crippen molar-refractivity contribution in [1.82, 2.24) is 9.36 Å². The smallest absolute Gasteiger partial charge is 0.331 e. The molecule has 1 aromatic rings. The van der Waals surface area contributed by atoms with Gasteiger partial charge in [-0.2, -0.15) is 4.37 Å². The number of ether oxygens (including phenoxy) is 1. The molecule has 0 aliphatic carbocycles. The molecule has 1 unspecified atom stereocenters. The predicted molar refractivity (Wildman–Crippen MR) is 77.6 cm³/mol. The Kier molecular flexibility index (Phi) is 4.90. The number of nitrogens with one attached hydrogen (secondary N) is 1. The van der Waals surface area contributed by atoms with Gasteiger partial charge >= 0.3 is 5.97 Å². The van der Waals surface area contributed by atoms with E-state index < -0.39 is 5.54 Å². The van der Waals surface area contributed by atoms with Crippen LogP contribution >= 0.6 is 11.5 Å². The first-order valence-corrected chi connectivity index (χ1v) is 7.21. The van der Waals surface area contributed by atoms with Crippen LogP contribution in [-0.2, 0) is 14.9 Å². The molecule has 0 aliphatic heterocycles. The number of rotatable bonds is 5. The molecule has 0 bridgehead atoms. The molecule has 108 valence electrons. The van der Waals surface area contributed by atoms with Gasteiger partial charge in [-0.25, -0.2) is 9.78 Å². The van der Waals surface area contributed by atoms with Gasteiger partial charge in [-0.3, -0.25) is 0 Å². The number of hydrogen-bond donors (Lipinski definition) is 1. The molecule has 0 aliphatic rings. The summed E-state index contributed by atoms with van der Waals surface area (Å²) in [4.78, 5) is 16.4. The lowest BCUT2D eigenvalue weighted by Gasteiger charge is -2.26. The predicted octanol–water partition coefficient (Wildman–Crippen LogP) is 2.98. The van der Waals surface area contributed by atoms with Crippen LogP contribution in [-0.4, -0.2) is 28.0 Å². The van der Waals surface area contributed by atoms with Crippen LogP contribution in [0.2, 0.25) is 0 Å². The van der Waals surface area contributed by atoms with Crippen LogP contribution in [0.1, 0.15) is 53.3 Å². The first kappa shape index (κ1) is 15.9. The van der Waals surface area contributed by atoms with E-state index in [2.05, 4.69) is 35.4 Å². The Labute approximate surface area is 118 Å². The van der Waals surface area contributed by atoms with E-state index >= 15 is 0 Å². The number of aromatic nitrogens is 2. The minimum absolute atomic E-state index is 0.0944. The summed E-state index contributed by atoms with van der Waals surface area (Å²) in [5, 5.41) is 3.83. The second kappa shape index (κ2) is 5.86. The second-order valence-corrected chi connectivity index (χ2v) is 6.62. The summed E-state index contributed by atoms with van der Waals surface area (Å²) in [7, 11) is 1.40. The molecule has 0 radical (unpaired) electrons. The van der Waals surface area contributed by atoms with Crippen molar-refractivity contribution >= 4 is 22.6 Å². The van der Waals surface area contributed by atoms with Crippen LogP contribution < -0.4 is 5.32 Å². The number of nitrogens with zero attached hydrogens (tertiary/aromatic N) is 2. The molecule has 0 fully saturated rings. The van der Waals surface area contributed by atoms with Gasteiger partial charge in [0.1, 0.15) is 11.4 Å². The molecule has 0 saturated carbocycles. The van der Waals surface area contributed by atoms with Crippen molar-refractivity contribution in [1.29, 1.82) is 0 Å². The Bertz CT molecular complexity index is 439. The molecule has 1 heterocycles. The van der Waals surface area contributed by atoms with E-state index in [-0.39, 0.29) is 11.4 Å². The zero-order valence-electron chi connectivity index (χ0n) is 12.5. The molecule has 19 heavy (non-hydrogen) atoms. The maximum atomic E-state index is 11.9. The third kappa shape index (κ3) is 3.89. The summed E-state index contributed by atoms with van der Waals surface area (Å²) in [6, 6.07) is 0. The lowest BCUT2D eigenvalue weighted by atomic mass is 9.96. The van der Waals surface area contributed by atoms with E-state index in [9.17, 15) is 4.79 Å². The minimum Gasteiger partial charge on any atom is -0.467 e. The van der Waals surface area contributed by atoms with Gasteiger partial charge in [-0.1, -0.05) is 34.1 Å². The van der Waals surface area contributed by atoms with Crippen molar-refractivity contribution in [3.8, 4) is 0 Å². The molecule has 1 atom stereocenters. The molecule has 0 spiro atoms. The highest BCUT2D eigenvalue weighted by Gasteiger charge is 2.34. The van der Waals surface area contributed by atoms with Crippen molar-refractivity contribution in [2.75, 3.05) is 12.4 Å². The van der Waals surface area contributed by atoms with Gasteiger partial charge in [0, 0.05) is 16.9 Å². The van der Waals surface area contributed by atoms with Gasteiger partial charge in [0.15, 0.2) is 0 Å². The van der Waals surface area contributed by atoms with E-state index in [1.165, 1.54) is 18.6 Å². The first-order chi connectivity index (χ1) is 8.73. The Morgan fingerprint density at radius 1 is 1.37 bits per heavy atom. The van der Waals surface area contributed by atoms with Gasteiger partial charge in [0.2, 0.25) is 5.13 Å². The molecular formula is C13H23N3O2S. The summed E-state index contributed by atoms with van der Waals surface area (Å²) >= 11 is 1.28. The highest BCUT2D eigenvalue weighted by atomic mass is 32.1. The van der Waals surface area contributed by atoms with Crippen LogP contribution in [0.25, 0.3) is 0 Å². The molecule has 0 aromatic carbocycles. The van der Waals surface area contributed by atoms with Crippen LogP contribution in [0.4, 0.5) is 5.13 Å². The van der Waals surface area contributed by atoms with Gasteiger partial charge in [-0.15, -0.1) is 0 Å². The monoisotopic (exact) mass is 285 g/mol. The fourth-order valence-electron chi connectivity index (χ4n) is 1.76. The van der Waals surface area contributed by atoms with E-state index in [0.29, 0.717) is 11.6 Å². The Morgan fingerprint density at radius 2 is 2.00 bits per heavy atom. The summed E-state index contributed by atoms with van der Waals surface area (Å²) in [6.45, 7) is 10.0. The van der Waals surface area contributed by atoms with Crippen LogP contribution in [0.5, 0.6) is 0 Å². The third-order valence-corrected chi connectivity index (χ3v) is 3.50. The fraction of sp³-hybridized carbons (Fsp3) is 0.769. The molecule has 5 nitrogen and oxygen atoms in total. The average molecular weight is 285 g/mol. The molecule has 1 rings (SSSR count). The topological polar surface area (TPSA) is 64.1 Å². The number of hydrogen-bond acceptors (Lipinski definition) is 6. The van der Waals surface area contributed by atoms with E-state index in [1.807, 2.05) is 13.8 Å². The zero-order chi connectivity index (χ0) is 14.7. The van der Waals surface area contributed by atoms with Crippen molar-refractivity contribution in [2.24, 2.45) is 0 Å². The first-order valence-electron chi connectivity index (χ1n) is 6.43. The lowest BCUT2D eigenvalue weighted by Crippen LogP contribution is -2.44. The van der Waals surface area contributed by atoms with Crippen molar-refractivity contribution in [3.05, 3.63) is 5.82 Å². The van der Waals surface area contributed by atoms with Gasteiger partial charge in [0.25, 0.3) is 0 Å². The second-order valence-electron chi connectivity index (χ2n) is 5.87. The van der Waals surface area contributed by atoms with Gasteiger partial charge in [-0.05, 0) is 13.3 Å². The van der Waals surface area contributed by atoms with E-state index in [0.717, 1.165) is 12.2 Å². The van der Waals surface area contributed by atoms with E-state index in [1.54, 1.807) is 0 Å². The van der Waals surface area contributed by atoms with Gasteiger partial charge in [0.05, 0.1) is 7.11 Å². The summed E-state index contributed by atoms with van der Waals surface area (Å²) in [5.74, 6) is 0.505. The standard InChI is InChI=1S/C13H23N3O2S/c1-7-8-13(5,10(17)18-6)15-11-14-9(16-19-11)12(2,3)4/h7-8H2,1-6H3,(H,14,15,16). The largest absolute Gasteiger partial charge is 0.467 e. The highest BCUT2D eigenvalue weighted by Crippen LogP contribution is 2.27. The molecule has 6 heteroatoms. The summed E-state index contributed by atoms with van der Waals surface area (Å²) < 4.78 is 9.20. The third-order valence-electron chi connectivity index (χ3n) is 2.87. The Balaban J connectivity index is 2.92.